The predicted octanol–water partition coefficient (Wildman–Crippen LogP) is 4.87. The molecule has 0 heterocycles. The molecule has 0 aliphatic heterocycles. The van der Waals surface area contributed by atoms with Gasteiger partial charge in [0.15, 0.2) is 0 Å². The molecule has 3 rings (SSSR count). The third-order valence-corrected chi connectivity index (χ3v) is 6.46. The van der Waals surface area contributed by atoms with Crippen molar-refractivity contribution in [1.82, 2.24) is 4.90 Å². The van der Waals surface area contributed by atoms with Crippen LogP contribution in [0.5, 0.6) is 0 Å². The minimum Gasteiger partial charge on any atom is -0.342 e. The number of anilines is 1. The molecule has 164 valence electrons. The van der Waals surface area contributed by atoms with Gasteiger partial charge in [0.2, 0.25) is 11.7 Å². The molecule has 2 aromatic rings. The Kier molecular flexibility index (Phi) is 7.62. The van der Waals surface area contributed by atoms with E-state index in [2.05, 4.69) is 5.32 Å². The Balaban J connectivity index is 1.67. The summed E-state index contributed by atoms with van der Waals surface area (Å²) in [5.74, 6) is -1.24. The Hall–Kier alpha value is -2.94. The average molecular weight is 446 g/mol. The molecule has 0 unspecified atom stereocenters. The number of nitrogens with zero attached hydrogens (tertiary/aromatic N) is 2. The van der Waals surface area contributed by atoms with Crippen LogP contribution in [-0.2, 0) is 4.79 Å². The van der Waals surface area contributed by atoms with Crippen molar-refractivity contribution in [2.24, 2.45) is 0 Å². The molecule has 1 fully saturated rings. The smallest absolute Gasteiger partial charge is 0.306 e. The van der Waals surface area contributed by atoms with E-state index in [1.807, 2.05) is 11.9 Å². The Morgan fingerprint density at radius 2 is 1.90 bits per heavy atom. The second kappa shape index (κ2) is 10.4. The SMILES string of the molecule is CN(C(=O)CSc1ccccc1C(=O)Nc1ccc(F)c([N+](=O)[O-])c1)C1CCCCC1. The lowest BCUT2D eigenvalue weighted by Crippen LogP contribution is -2.39. The predicted molar refractivity (Wildman–Crippen MR) is 118 cm³/mol. The van der Waals surface area contributed by atoms with Crippen molar-refractivity contribution in [2.75, 3.05) is 18.1 Å². The van der Waals surface area contributed by atoms with Crippen LogP contribution in [0.25, 0.3) is 0 Å². The molecule has 2 amide bonds. The van der Waals surface area contributed by atoms with E-state index in [1.54, 1.807) is 24.3 Å². The van der Waals surface area contributed by atoms with E-state index in [0.29, 0.717) is 10.5 Å². The number of hydrogen-bond donors (Lipinski definition) is 1. The molecule has 0 spiro atoms. The van der Waals surface area contributed by atoms with Gasteiger partial charge in [0.25, 0.3) is 5.91 Å². The molecule has 0 saturated heterocycles. The molecule has 0 bridgehead atoms. The average Bonchev–Trinajstić information content (AvgIpc) is 2.78. The number of halogens is 1. The monoisotopic (exact) mass is 445 g/mol. The van der Waals surface area contributed by atoms with Crippen LogP contribution in [0.4, 0.5) is 15.8 Å². The van der Waals surface area contributed by atoms with Gasteiger partial charge in [0.05, 0.1) is 16.2 Å². The van der Waals surface area contributed by atoms with Gasteiger partial charge >= 0.3 is 5.69 Å². The summed E-state index contributed by atoms with van der Waals surface area (Å²) in [6.45, 7) is 0. The van der Waals surface area contributed by atoms with Gasteiger partial charge in [0, 0.05) is 29.7 Å². The zero-order valence-corrected chi connectivity index (χ0v) is 18.0. The number of nitrogens with one attached hydrogen (secondary N) is 1. The highest BCUT2D eigenvalue weighted by Crippen LogP contribution is 2.27. The van der Waals surface area contributed by atoms with Crippen LogP contribution >= 0.6 is 11.8 Å². The standard InChI is InChI=1S/C22H24FN3O4S/c1-25(16-7-3-2-4-8-16)21(27)14-31-20-10-6-5-9-17(20)22(28)24-15-11-12-18(23)19(13-15)26(29)30/h5-6,9-13,16H,2-4,7-8,14H2,1H3,(H,24,28). The van der Waals surface area contributed by atoms with Crippen LogP contribution < -0.4 is 5.32 Å². The summed E-state index contributed by atoms with van der Waals surface area (Å²) >= 11 is 1.28. The van der Waals surface area contributed by atoms with Crippen molar-refractivity contribution in [3.8, 4) is 0 Å². The number of benzene rings is 2. The number of hydrogen-bond acceptors (Lipinski definition) is 5. The number of carbonyl (C=O) groups is 2. The third-order valence-electron chi connectivity index (χ3n) is 5.40. The Bertz CT molecular complexity index is 979. The third kappa shape index (κ3) is 5.81. The summed E-state index contributed by atoms with van der Waals surface area (Å²) in [6, 6.07) is 10.3. The molecule has 0 radical (unpaired) electrons. The fraction of sp³-hybridized carbons (Fsp3) is 0.364. The molecule has 31 heavy (non-hydrogen) atoms. The lowest BCUT2D eigenvalue weighted by atomic mass is 9.94. The van der Waals surface area contributed by atoms with Gasteiger partial charge < -0.3 is 10.2 Å². The van der Waals surface area contributed by atoms with Crippen molar-refractivity contribution in [1.29, 1.82) is 0 Å². The second-order valence-corrected chi connectivity index (χ2v) is 8.48. The van der Waals surface area contributed by atoms with Gasteiger partial charge in [0.1, 0.15) is 0 Å². The molecule has 1 aliphatic carbocycles. The number of carbonyl (C=O) groups excluding carboxylic acids is 2. The van der Waals surface area contributed by atoms with Gasteiger partial charge in [-0.15, -0.1) is 11.8 Å². The fourth-order valence-corrected chi connectivity index (χ4v) is 4.60. The van der Waals surface area contributed by atoms with E-state index < -0.39 is 22.3 Å². The molecule has 7 nitrogen and oxygen atoms in total. The van der Waals surface area contributed by atoms with Crippen molar-refractivity contribution in [2.45, 2.75) is 43.0 Å². The van der Waals surface area contributed by atoms with Gasteiger partial charge in [-0.1, -0.05) is 31.4 Å². The molecular formula is C22H24FN3O4S. The molecule has 0 atom stereocenters. The Labute approximate surface area is 184 Å². The molecular weight excluding hydrogens is 421 g/mol. The van der Waals surface area contributed by atoms with Crippen LogP contribution in [0.3, 0.4) is 0 Å². The zero-order chi connectivity index (χ0) is 22.4. The van der Waals surface area contributed by atoms with Gasteiger partial charge in [-0.05, 0) is 37.1 Å². The largest absolute Gasteiger partial charge is 0.342 e. The lowest BCUT2D eigenvalue weighted by Gasteiger charge is -2.31. The minimum absolute atomic E-state index is 0.0151. The lowest BCUT2D eigenvalue weighted by molar-refractivity contribution is -0.387. The van der Waals surface area contributed by atoms with Crippen LogP contribution in [0.15, 0.2) is 47.4 Å². The zero-order valence-electron chi connectivity index (χ0n) is 17.2. The summed E-state index contributed by atoms with van der Waals surface area (Å²) in [5, 5.41) is 13.5. The van der Waals surface area contributed by atoms with E-state index in [-0.39, 0.29) is 23.4 Å². The Morgan fingerprint density at radius 3 is 2.61 bits per heavy atom. The summed E-state index contributed by atoms with van der Waals surface area (Å²) in [7, 11) is 1.83. The summed E-state index contributed by atoms with van der Waals surface area (Å²) in [4.78, 5) is 37.9. The maximum Gasteiger partial charge on any atom is 0.306 e. The van der Waals surface area contributed by atoms with E-state index >= 15 is 0 Å². The molecule has 1 N–H and O–H groups in total. The molecule has 2 aromatic carbocycles. The normalized spacial score (nSPS) is 14.1. The first kappa shape index (κ1) is 22.7. The molecule has 0 aromatic heterocycles. The van der Waals surface area contributed by atoms with Crippen LogP contribution in [0.1, 0.15) is 42.5 Å². The van der Waals surface area contributed by atoms with Crippen molar-refractivity contribution >= 4 is 35.0 Å². The molecule has 9 heteroatoms. The number of nitro groups is 1. The van der Waals surface area contributed by atoms with Gasteiger partial charge in [-0.3, -0.25) is 19.7 Å². The van der Waals surface area contributed by atoms with E-state index in [4.69, 9.17) is 0 Å². The fourth-order valence-electron chi connectivity index (χ4n) is 3.62. The van der Waals surface area contributed by atoms with Crippen molar-refractivity contribution in [3.05, 3.63) is 64.0 Å². The first-order valence-corrected chi connectivity index (χ1v) is 11.1. The first-order chi connectivity index (χ1) is 14.9. The topological polar surface area (TPSA) is 92.6 Å². The number of nitro benzene ring substituents is 1. The highest BCUT2D eigenvalue weighted by atomic mass is 32.2. The van der Waals surface area contributed by atoms with Crippen molar-refractivity contribution in [3.63, 3.8) is 0 Å². The number of amides is 2. The summed E-state index contributed by atoms with van der Waals surface area (Å²) in [5.41, 5.74) is -0.254. The van der Waals surface area contributed by atoms with E-state index in [1.165, 1.54) is 24.2 Å². The molecule has 1 saturated carbocycles. The number of thioether (sulfide) groups is 1. The summed E-state index contributed by atoms with van der Waals surface area (Å²) in [6.07, 6.45) is 5.54. The Morgan fingerprint density at radius 1 is 1.19 bits per heavy atom. The second-order valence-electron chi connectivity index (χ2n) is 7.46. The van der Waals surface area contributed by atoms with E-state index in [9.17, 15) is 24.1 Å². The highest BCUT2D eigenvalue weighted by Gasteiger charge is 2.23. The highest BCUT2D eigenvalue weighted by molar-refractivity contribution is 8.00. The quantitative estimate of drug-likeness (QED) is 0.373. The van der Waals surface area contributed by atoms with Gasteiger partial charge in [-0.2, -0.15) is 4.39 Å². The number of rotatable bonds is 7. The van der Waals surface area contributed by atoms with Crippen LogP contribution in [0, 0.1) is 15.9 Å². The van der Waals surface area contributed by atoms with Crippen LogP contribution in [-0.4, -0.2) is 40.5 Å². The maximum atomic E-state index is 13.5. The molecule has 1 aliphatic rings. The van der Waals surface area contributed by atoms with E-state index in [0.717, 1.165) is 37.8 Å². The summed E-state index contributed by atoms with van der Waals surface area (Å²) < 4.78 is 13.5. The minimum atomic E-state index is -0.973. The van der Waals surface area contributed by atoms with Crippen molar-refractivity contribution < 1.29 is 18.9 Å². The van der Waals surface area contributed by atoms with Gasteiger partial charge in [-0.25, -0.2) is 0 Å². The maximum absolute atomic E-state index is 13.5. The first-order valence-electron chi connectivity index (χ1n) is 10.1. The van der Waals surface area contributed by atoms with Crippen LogP contribution in [0.2, 0.25) is 0 Å².